The standard InChI is InChI=1S/C21H20N2.C7H10.C3H6.C2H6.3CH5N/c22-20-13-6-16(7-14-20)8-15-21(23)19-11-9-18(10-12-19)17-4-2-1-3-5-17;1-7-5-3-2-4-6-7;1-3-2;4*1-2/h1-7,9-15H,8,22-23H2;2-3,5H,4,6H2,1H3;3H,1H2,2H3;1-2H3;3*2H2,1H3/b21-15-;;;;;;. The molecular formula is C36H57N5. The predicted molar refractivity (Wildman–Crippen MR) is 188 cm³/mol. The van der Waals surface area contributed by atoms with Crippen LogP contribution in [0.1, 0.15) is 51.7 Å². The highest BCUT2D eigenvalue weighted by Crippen LogP contribution is 2.21. The lowest BCUT2D eigenvalue weighted by Gasteiger charge is -2.05. The van der Waals surface area contributed by atoms with Gasteiger partial charge in [-0.3, -0.25) is 0 Å². The van der Waals surface area contributed by atoms with Crippen LogP contribution in [0, 0.1) is 0 Å². The molecule has 0 atom stereocenters. The van der Waals surface area contributed by atoms with Crippen molar-refractivity contribution in [2.75, 3.05) is 26.9 Å². The summed E-state index contributed by atoms with van der Waals surface area (Å²) in [5, 5.41) is 0. The predicted octanol–water partition coefficient (Wildman–Crippen LogP) is 7.70. The van der Waals surface area contributed by atoms with Crippen LogP contribution in [0.15, 0.2) is 121 Å². The van der Waals surface area contributed by atoms with Gasteiger partial charge in [-0.25, -0.2) is 0 Å². The van der Waals surface area contributed by atoms with E-state index in [-0.39, 0.29) is 0 Å². The van der Waals surface area contributed by atoms with Crippen molar-refractivity contribution >= 4 is 11.4 Å². The van der Waals surface area contributed by atoms with Crippen molar-refractivity contribution in [2.45, 2.75) is 47.0 Å². The highest BCUT2D eigenvalue weighted by molar-refractivity contribution is 5.69. The molecule has 0 saturated carbocycles. The van der Waals surface area contributed by atoms with E-state index in [0.29, 0.717) is 0 Å². The van der Waals surface area contributed by atoms with Crippen LogP contribution >= 0.6 is 0 Å². The average Bonchev–Trinajstić information content (AvgIpc) is 3.06. The molecule has 0 aromatic heterocycles. The van der Waals surface area contributed by atoms with Crippen molar-refractivity contribution < 1.29 is 0 Å². The Hall–Kier alpha value is -3.90. The lowest BCUT2D eigenvalue weighted by atomic mass is 10.0. The van der Waals surface area contributed by atoms with Gasteiger partial charge in [-0.1, -0.05) is 117 Å². The second-order valence-electron chi connectivity index (χ2n) is 7.94. The number of allylic oxidation sites excluding steroid dienone is 6. The van der Waals surface area contributed by atoms with Crippen molar-refractivity contribution in [3.05, 3.63) is 133 Å². The molecule has 0 spiro atoms. The van der Waals surface area contributed by atoms with Gasteiger partial charge in [0.25, 0.3) is 0 Å². The normalized spacial score (nSPS) is 10.6. The molecule has 0 saturated heterocycles. The molecule has 1 aliphatic rings. The SMILES string of the molecule is C=CC.CC.CC1=CC=CCC1.CN.CN.CN.N/C(=C\Cc1ccc(N)cc1)c1ccc(-c2ccccc2)cc1. The lowest BCUT2D eigenvalue weighted by Crippen LogP contribution is -1.97. The fraction of sp³-hybridized carbons (Fsp3) is 0.278. The van der Waals surface area contributed by atoms with Gasteiger partial charge in [0.2, 0.25) is 0 Å². The van der Waals surface area contributed by atoms with Crippen molar-refractivity contribution in [3.63, 3.8) is 0 Å². The highest BCUT2D eigenvalue weighted by atomic mass is 14.6. The smallest absolute Gasteiger partial charge is 0.0350 e. The number of anilines is 1. The number of nitrogen functional groups attached to an aromatic ring is 1. The van der Waals surface area contributed by atoms with Crippen LogP contribution in [0.25, 0.3) is 16.8 Å². The molecular weight excluding hydrogens is 502 g/mol. The van der Waals surface area contributed by atoms with Gasteiger partial charge >= 0.3 is 0 Å². The number of nitrogens with two attached hydrogens (primary N) is 5. The molecule has 3 aromatic carbocycles. The van der Waals surface area contributed by atoms with Crippen LogP contribution in [0.3, 0.4) is 0 Å². The molecule has 5 heteroatoms. The van der Waals surface area contributed by atoms with Gasteiger partial charge in [0.1, 0.15) is 0 Å². The molecule has 3 aromatic rings. The largest absolute Gasteiger partial charge is 0.399 e. The van der Waals surface area contributed by atoms with E-state index in [0.717, 1.165) is 23.4 Å². The Bertz CT molecular complexity index is 1070. The summed E-state index contributed by atoms with van der Waals surface area (Å²) < 4.78 is 0. The van der Waals surface area contributed by atoms with E-state index in [9.17, 15) is 0 Å². The second kappa shape index (κ2) is 30.6. The summed E-state index contributed by atoms with van der Waals surface area (Å²) in [5.41, 5.74) is 33.1. The molecule has 0 radical (unpaired) electrons. The van der Waals surface area contributed by atoms with E-state index in [2.05, 4.69) is 85.3 Å². The van der Waals surface area contributed by atoms with Crippen molar-refractivity contribution in [1.29, 1.82) is 0 Å². The van der Waals surface area contributed by atoms with E-state index in [1.54, 1.807) is 6.08 Å². The van der Waals surface area contributed by atoms with E-state index in [1.165, 1.54) is 56.2 Å². The van der Waals surface area contributed by atoms with Crippen LogP contribution in [0.2, 0.25) is 0 Å². The molecule has 0 unspecified atom stereocenters. The zero-order valence-electron chi connectivity index (χ0n) is 26.6. The summed E-state index contributed by atoms with van der Waals surface area (Å²) in [7, 11) is 4.50. The average molecular weight is 560 g/mol. The summed E-state index contributed by atoms with van der Waals surface area (Å²) in [4.78, 5) is 0. The molecule has 1 aliphatic carbocycles. The third-order valence-electron chi connectivity index (χ3n) is 5.08. The third kappa shape index (κ3) is 20.6. The maximum absolute atomic E-state index is 6.20. The molecule has 0 fully saturated rings. The van der Waals surface area contributed by atoms with Crippen LogP contribution < -0.4 is 28.7 Å². The van der Waals surface area contributed by atoms with Gasteiger partial charge in [0, 0.05) is 11.4 Å². The molecule has 5 nitrogen and oxygen atoms in total. The monoisotopic (exact) mass is 559 g/mol. The number of benzene rings is 3. The molecule has 0 amide bonds. The van der Waals surface area contributed by atoms with Crippen molar-refractivity contribution in [2.24, 2.45) is 22.9 Å². The Kier molecular flexibility index (Phi) is 31.1. The van der Waals surface area contributed by atoms with E-state index in [4.69, 9.17) is 11.5 Å². The Labute approximate surface area is 251 Å². The maximum atomic E-state index is 6.20. The fourth-order valence-corrected chi connectivity index (χ4v) is 3.21. The minimum Gasteiger partial charge on any atom is -0.399 e. The zero-order valence-corrected chi connectivity index (χ0v) is 26.6. The topological polar surface area (TPSA) is 130 Å². The second-order valence-corrected chi connectivity index (χ2v) is 7.94. The molecule has 0 aliphatic heterocycles. The Morgan fingerprint density at radius 3 is 1.68 bits per heavy atom. The van der Waals surface area contributed by atoms with Gasteiger partial charge in [0.05, 0.1) is 0 Å². The van der Waals surface area contributed by atoms with E-state index < -0.39 is 0 Å². The van der Waals surface area contributed by atoms with Crippen LogP contribution in [-0.4, -0.2) is 21.1 Å². The minimum atomic E-state index is 0.780. The van der Waals surface area contributed by atoms with Crippen molar-refractivity contribution in [3.8, 4) is 11.1 Å². The molecule has 0 bridgehead atoms. The third-order valence-corrected chi connectivity index (χ3v) is 5.08. The molecule has 10 N–H and O–H groups in total. The minimum absolute atomic E-state index is 0.780. The lowest BCUT2D eigenvalue weighted by molar-refractivity contribution is 0.962. The first-order valence-electron chi connectivity index (χ1n) is 14.1. The number of hydrogen-bond acceptors (Lipinski definition) is 5. The quantitative estimate of drug-likeness (QED) is 0.165. The Morgan fingerprint density at radius 1 is 0.780 bits per heavy atom. The highest BCUT2D eigenvalue weighted by Gasteiger charge is 2.00. The van der Waals surface area contributed by atoms with E-state index in [1.807, 2.05) is 69.3 Å². The zero-order chi connectivity index (χ0) is 31.9. The summed E-state index contributed by atoms with van der Waals surface area (Å²) >= 11 is 0. The fourth-order valence-electron chi connectivity index (χ4n) is 3.21. The summed E-state index contributed by atoms with van der Waals surface area (Å²) in [5.74, 6) is 0. The van der Waals surface area contributed by atoms with Crippen molar-refractivity contribution in [1.82, 2.24) is 0 Å². The number of rotatable bonds is 4. The molecule has 4 rings (SSSR count). The molecule has 226 valence electrons. The maximum Gasteiger partial charge on any atom is 0.0350 e. The number of hydrogen-bond donors (Lipinski definition) is 5. The summed E-state index contributed by atoms with van der Waals surface area (Å²) in [6.07, 6.45) is 13.6. The van der Waals surface area contributed by atoms with Gasteiger partial charge in [-0.2, -0.15) is 0 Å². The van der Waals surface area contributed by atoms with Crippen LogP contribution in [0.4, 0.5) is 5.69 Å². The van der Waals surface area contributed by atoms with E-state index >= 15 is 0 Å². The summed E-state index contributed by atoms with van der Waals surface area (Å²) in [6.45, 7) is 11.4. The van der Waals surface area contributed by atoms with Crippen LogP contribution in [0.5, 0.6) is 0 Å². The van der Waals surface area contributed by atoms with Gasteiger partial charge < -0.3 is 28.7 Å². The van der Waals surface area contributed by atoms with Gasteiger partial charge in [-0.05, 0) is 88.6 Å². The molecule has 0 heterocycles. The first-order valence-corrected chi connectivity index (χ1v) is 14.1. The summed E-state index contributed by atoms with van der Waals surface area (Å²) in [6, 6.07) is 26.5. The first kappa shape index (κ1) is 41.6. The first-order chi connectivity index (χ1) is 20.0. The Balaban J connectivity index is -0.000000665. The Morgan fingerprint density at radius 2 is 1.27 bits per heavy atom. The van der Waals surface area contributed by atoms with Gasteiger partial charge in [-0.15, -0.1) is 6.58 Å². The van der Waals surface area contributed by atoms with Crippen LogP contribution in [-0.2, 0) is 6.42 Å². The molecule has 41 heavy (non-hydrogen) atoms. The van der Waals surface area contributed by atoms with Gasteiger partial charge in [0.15, 0.2) is 0 Å².